The number of nitrogens with one attached hydrogen (secondary N) is 1. The third-order valence-electron chi connectivity index (χ3n) is 1.11. The van der Waals surface area contributed by atoms with Crippen molar-refractivity contribution < 1.29 is 4.39 Å². The van der Waals surface area contributed by atoms with Crippen LogP contribution in [0, 0.1) is 5.41 Å². The first-order valence-corrected chi connectivity index (χ1v) is 3.12. The average Bonchev–Trinajstić information content (AvgIpc) is 1.99. The Labute approximate surface area is 65.4 Å². The fraction of sp³-hybridized carbons (Fsp3) is 0.125. The second kappa shape index (κ2) is 4.44. The molecular formula is C8H11FN2. The number of allylic oxidation sites excluding steroid dienone is 3. The van der Waals surface area contributed by atoms with Gasteiger partial charge in [-0.3, -0.25) is 5.41 Å². The van der Waals surface area contributed by atoms with Gasteiger partial charge in [-0.05, 0) is 19.1 Å². The zero-order chi connectivity index (χ0) is 8.85. The highest BCUT2D eigenvalue weighted by atomic mass is 19.1. The fourth-order valence-corrected chi connectivity index (χ4v) is 0.524. The van der Waals surface area contributed by atoms with Crippen molar-refractivity contribution in [3.63, 3.8) is 0 Å². The van der Waals surface area contributed by atoms with Crippen molar-refractivity contribution in [1.29, 1.82) is 5.41 Å². The van der Waals surface area contributed by atoms with E-state index in [1.54, 1.807) is 13.0 Å². The van der Waals surface area contributed by atoms with Gasteiger partial charge in [0.1, 0.15) is 11.7 Å². The van der Waals surface area contributed by atoms with Crippen LogP contribution in [0.25, 0.3) is 0 Å². The molecule has 0 spiro atoms. The molecule has 0 fully saturated rings. The normalized spacial score (nSPS) is 12.9. The zero-order valence-corrected chi connectivity index (χ0v) is 6.39. The van der Waals surface area contributed by atoms with Gasteiger partial charge in [0, 0.05) is 5.57 Å². The maximum atomic E-state index is 12.5. The molecule has 0 unspecified atom stereocenters. The lowest BCUT2D eigenvalue weighted by Gasteiger charge is -1.95. The van der Waals surface area contributed by atoms with Gasteiger partial charge in [0.15, 0.2) is 0 Å². The number of amidine groups is 1. The quantitative estimate of drug-likeness (QED) is 0.364. The van der Waals surface area contributed by atoms with E-state index in [0.717, 1.165) is 12.2 Å². The Morgan fingerprint density at radius 1 is 1.64 bits per heavy atom. The molecule has 0 saturated carbocycles. The van der Waals surface area contributed by atoms with Gasteiger partial charge >= 0.3 is 0 Å². The van der Waals surface area contributed by atoms with Crippen LogP contribution in [0.2, 0.25) is 0 Å². The monoisotopic (exact) mass is 154 g/mol. The third kappa shape index (κ3) is 3.35. The summed E-state index contributed by atoms with van der Waals surface area (Å²) >= 11 is 0. The highest BCUT2D eigenvalue weighted by Crippen LogP contribution is 2.04. The van der Waals surface area contributed by atoms with E-state index in [-0.39, 0.29) is 5.84 Å². The van der Waals surface area contributed by atoms with Crippen LogP contribution in [0.15, 0.2) is 36.2 Å². The Morgan fingerprint density at radius 3 is 2.45 bits per heavy atom. The summed E-state index contributed by atoms with van der Waals surface area (Å²) in [6.07, 6.45) is 3.78. The van der Waals surface area contributed by atoms with Gasteiger partial charge in [-0.15, -0.1) is 0 Å². The molecule has 60 valence electrons. The Morgan fingerprint density at radius 2 is 2.18 bits per heavy atom. The maximum Gasteiger partial charge on any atom is 0.123 e. The summed E-state index contributed by atoms with van der Waals surface area (Å²) in [6.45, 7) is 4.91. The molecule has 3 heteroatoms. The lowest BCUT2D eigenvalue weighted by atomic mass is 10.2. The van der Waals surface area contributed by atoms with Crippen molar-refractivity contribution in [1.82, 2.24) is 0 Å². The van der Waals surface area contributed by atoms with Crippen LogP contribution in [0.5, 0.6) is 0 Å². The van der Waals surface area contributed by atoms with Crippen LogP contribution >= 0.6 is 0 Å². The van der Waals surface area contributed by atoms with E-state index in [2.05, 4.69) is 6.58 Å². The highest BCUT2D eigenvalue weighted by molar-refractivity contribution is 5.97. The Kier molecular flexibility index (Phi) is 3.88. The summed E-state index contributed by atoms with van der Waals surface area (Å²) in [5.74, 6) is -0.641. The number of halogens is 1. The third-order valence-corrected chi connectivity index (χ3v) is 1.11. The van der Waals surface area contributed by atoms with Gasteiger partial charge in [0.25, 0.3) is 0 Å². The molecule has 0 aromatic rings. The lowest BCUT2D eigenvalue weighted by Crippen LogP contribution is -2.11. The van der Waals surface area contributed by atoms with Gasteiger partial charge < -0.3 is 5.73 Å². The molecule has 0 aliphatic heterocycles. The Hall–Kier alpha value is -1.38. The maximum absolute atomic E-state index is 12.5. The van der Waals surface area contributed by atoms with Crippen molar-refractivity contribution in [2.45, 2.75) is 6.92 Å². The topological polar surface area (TPSA) is 49.9 Å². The van der Waals surface area contributed by atoms with E-state index < -0.39 is 5.83 Å². The van der Waals surface area contributed by atoms with E-state index >= 15 is 0 Å². The van der Waals surface area contributed by atoms with Crippen molar-refractivity contribution in [2.24, 2.45) is 5.73 Å². The summed E-state index contributed by atoms with van der Waals surface area (Å²) in [5.41, 5.74) is 5.48. The van der Waals surface area contributed by atoms with Crippen molar-refractivity contribution >= 4 is 5.84 Å². The molecule has 0 saturated heterocycles. The van der Waals surface area contributed by atoms with Crippen molar-refractivity contribution in [2.75, 3.05) is 0 Å². The van der Waals surface area contributed by atoms with Crippen LogP contribution < -0.4 is 5.73 Å². The predicted molar refractivity (Wildman–Crippen MR) is 45.1 cm³/mol. The van der Waals surface area contributed by atoms with Crippen LogP contribution in [-0.2, 0) is 0 Å². The molecule has 11 heavy (non-hydrogen) atoms. The smallest absolute Gasteiger partial charge is 0.123 e. The minimum Gasteiger partial charge on any atom is -0.384 e. The second-order valence-electron chi connectivity index (χ2n) is 1.89. The number of rotatable bonds is 3. The van der Waals surface area contributed by atoms with Crippen LogP contribution in [0.1, 0.15) is 6.92 Å². The van der Waals surface area contributed by atoms with E-state index in [1.807, 2.05) is 0 Å². The largest absolute Gasteiger partial charge is 0.384 e. The van der Waals surface area contributed by atoms with Gasteiger partial charge in [-0.1, -0.05) is 12.7 Å². The number of hydrogen-bond donors (Lipinski definition) is 2. The molecule has 0 heterocycles. The Balaban J connectivity index is 4.57. The number of nitrogens with two attached hydrogens (primary N) is 1. The van der Waals surface area contributed by atoms with Crippen LogP contribution in [-0.4, -0.2) is 5.84 Å². The molecule has 0 aromatic heterocycles. The number of hydrogen-bond acceptors (Lipinski definition) is 1. The van der Waals surface area contributed by atoms with E-state index in [4.69, 9.17) is 11.1 Å². The summed E-state index contributed by atoms with van der Waals surface area (Å²) in [6, 6.07) is 0. The van der Waals surface area contributed by atoms with Crippen molar-refractivity contribution in [3.8, 4) is 0 Å². The van der Waals surface area contributed by atoms with Gasteiger partial charge in [0.2, 0.25) is 0 Å². The molecule has 3 N–H and O–H groups in total. The SMILES string of the molecule is C=C/C(F)=C\C(=C/C)C(=N)N. The van der Waals surface area contributed by atoms with E-state index in [0.29, 0.717) is 5.57 Å². The molecule has 0 aromatic carbocycles. The zero-order valence-electron chi connectivity index (χ0n) is 6.39. The minimum atomic E-state index is -0.492. The van der Waals surface area contributed by atoms with E-state index in [1.165, 1.54) is 0 Å². The van der Waals surface area contributed by atoms with E-state index in [9.17, 15) is 4.39 Å². The summed E-state index contributed by atoms with van der Waals surface area (Å²) < 4.78 is 12.5. The summed E-state index contributed by atoms with van der Waals surface area (Å²) in [5, 5.41) is 6.98. The first kappa shape index (κ1) is 9.62. The van der Waals surface area contributed by atoms with Crippen LogP contribution in [0.4, 0.5) is 4.39 Å². The molecule has 0 aliphatic carbocycles. The van der Waals surface area contributed by atoms with Gasteiger partial charge in [-0.2, -0.15) is 0 Å². The molecular weight excluding hydrogens is 143 g/mol. The second-order valence-corrected chi connectivity index (χ2v) is 1.89. The summed E-state index contributed by atoms with van der Waals surface area (Å²) in [7, 11) is 0. The standard InChI is InChI=1S/C8H11FN2/c1-3-6(8(10)11)5-7(9)4-2/h3-5H,2H2,1H3,(H3,10,11)/b6-3+,7-5+. The van der Waals surface area contributed by atoms with Crippen molar-refractivity contribution in [3.05, 3.63) is 36.2 Å². The molecule has 0 radical (unpaired) electrons. The summed E-state index contributed by atoms with van der Waals surface area (Å²) in [4.78, 5) is 0. The minimum absolute atomic E-state index is 0.149. The fourth-order valence-electron chi connectivity index (χ4n) is 0.524. The molecule has 2 nitrogen and oxygen atoms in total. The predicted octanol–water partition coefficient (Wildman–Crippen LogP) is 1.91. The molecule has 0 rings (SSSR count). The van der Waals surface area contributed by atoms with Crippen LogP contribution in [0.3, 0.4) is 0 Å². The van der Waals surface area contributed by atoms with Gasteiger partial charge in [-0.25, -0.2) is 4.39 Å². The highest BCUT2D eigenvalue weighted by Gasteiger charge is 1.95. The molecule has 0 amide bonds. The Bertz CT molecular complexity index is 226. The molecule has 0 atom stereocenters. The first-order valence-electron chi connectivity index (χ1n) is 3.12. The first-order chi connectivity index (χ1) is 5.11. The molecule has 0 bridgehead atoms. The lowest BCUT2D eigenvalue weighted by molar-refractivity contribution is 0.667. The average molecular weight is 154 g/mol. The van der Waals surface area contributed by atoms with Gasteiger partial charge in [0.05, 0.1) is 0 Å². The molecule has 0 aliphatic rings.